The molecule has 0 aliphatic carbocycles. The Morgan fingerprint density at radius 2 is 1.87 bits per heavy atom. The van der Waals surface area contributed by atoms with Crippen LogP contribution in [0.3, 0.4) is 0 Å². The van der Waals surface area contributed by atoms with E-state index >= 15 is 0 Å². The summed E-state index contributed by atoms with van der Waals surface area (Å²) in [6.07, 6.45) is 1.28. The zero-order valence-corrected chi connectivity index (χ0v) is 17.2. The third kappa shape index (κ3) is 3.08. The fourth-order valence-corrected chi connectivity index (χ4v) is 4.78. The van der Waals surface area contributed by atoms with Crippen molar-refractivity contribution in [2.45, 2.75) is 6.92 Å². The van der Waals surface area contributed by atoms with Crippen LogP contribution in [-0.4, -0.2) is 26.8 Å². The Morgan fingerprint density at radius 1 is 1.07 bits per heavy atom. The molecule has 1 N–H and O–H groups in total. The van der Waals surface area contributed by atoms with E-state index in [0.29, 0.717) is 27.4 Å². The lowest BCUT2D eigenvalue weighted by atomic mass is 10.1. The standard InChI is InChI=1S/C21H13FN4O2S2/c1-11-9-16(27)26(21(11)28)25-19-17-14(12-4-6-13(22)7-5-12)10-30-20(17)24-18(23-19)15-3-2-8-29-15/h2-10H,1H3,(H,23,24,25). The van der Waals surface area contributed by atoms with Crippen LogP contribution in [0.1, 0.15) is 6.92 Å². The van der Waals surface area contributed by atoms with Gasteiger partial charge in [-0.1, -0.05) is 18.2 Å². The number of hydrogen-bond acceptors (Lipinski definition) is 7. The summed E-state index contributed by atoms with van der Waals surface area (Å²) in [5.41, 5.74) is 4.81. The van der Waals surface area contributed by atoms with E-state index in [0.717, 1.165) is 21.0 Å². The van der Waals surface area contributed by atoms with Gasteiger partial charge in [-0.3, -0.25) is 15.0 Å². The van der Waals surface area contributed by atoms with E-state index in [1.807, 2.05) is 22.9 Å². The Kier molecular flexibility index (Phi) is 4.41. The Bertz CT molecular complexity index is 1330. The molecule has 4 aromatic rings. The van der Waals surface area contributed by atoms with Crippen LogP contribution in [-0.2, 0) is 9.59 Å². The van der Waals surface area contributed by atoms with Crippen molar-refractivity contribution in [1.82, 2.24) is 15.0 Å². The van der Waals surface area contributed by atoms with Crippen LogP contribution in [0, 0.1) is 5.82 Å². The molecule has 3 aromatic heterocycles. The quantitative estimate of drug-likeness (QED) is 0.462. The van der Waals surface area contributed by atoms with Crippen LogP contribution in [0.25, 0.3) is 32.0 Å². The first kappa shape index (κ1) is 18.6. The van der Waals surface area contributed by atoms with E-state index in [2.05, 4.69) is 15.4 Å². The van der Waals surface area contributed by atoms with Crippen molar-refractivity contribution in [3.63, 3.8) is 0 Å². The van der Waals surface area contributed by atoms with Crippen LogP contribution < -0.4 is 5.43 Å². The zero-order valence-electron chi connectivity index (χ0n) is 15.5. The van der Waals surface area contributed by atoms with Crippen molar-refractivity contribution < 1.29 is 14.0 Å². The molecule has 0 atom stereocenters. The number of anilines is 1. The number of benzene rings is 1. The van der Waals surface area contributed by atoms with Gasteiger partial charge in [-0.05, 0) is 36.1 Å². The van der Waals surface area contributed by atoms with E-state index in [-0.39, 0.29) is 5.82 Å². The Morgan fingerprint density at radius 3 is 2.53 bits per heavy atom. The number of fused-ring (bicyclic) bond motifs is 1. The topological polar surface area (TPSA) is 75.2 Å². The van der Waals surface area contributed by atoms with Crippen LogP contribution in [0.4, 0.5) is 10.2 Å². The number of hydrazine groups is 1. The Balaban J connectivity index is 1.69. The summed E-state index contributed by atoms with van der Waals surface area (Å²) in [6.45, 7) is 1.59. The van der Waals surface area contributed by atoms with E-state index in [1.54, 1.807) is 19.1 Å². The third-order valence-corrected chi connectivity index (χ3v) is 6.39. The summed E-state index contributed by atoms with van der Waals surface area (Å²) in [5, 5.41) is 5.45. The number of halogens is 1. The molecule has 6 nitrogen and oxygen atoms in total. The average Bonchev–Trinajstić information content (AvgIpc) is 3.46. The fourth-order valence-electron chi connectivity index (χ4n) is 3.18. The first-order valence-electron chi connectivity index (χ1n) is 8.93. The first-order valence-corrected chi connectivity index (χ1v) is 10.7. The van der Waals surface area contributed by atoms with Gasteiger partial charge in [0, 0.05) is 22.6 Å². The van der Waals surface area contributed by atoms with Crippen LogP contribution in [0.2, 0.25) is 0 Å². The molecule has 0 radical (unpaired) electrons. The monoisotopic (exact) mass is 436 g/mol. The average molecular weight is 436 g/mol. The van der Waals surface area contributed by atoms with Gasteiger partial charge in [0.05, 0.1) is 10.3 Å². The Hall–Kier alpha value is -3.43. The van der Waals surface area contributed by atoms with Crippen LogP contribution in [0.5, 0.6) is 0 Å². The molecule has 0 saturated heterocycles. The van der Waals surface area contributed by atoms with Gasteiger partial charge in [0.1, 0.15) is 10.6 Å². The van der Waals surface area contributed by atoms with E-state index in [9.17, 15) is 14.0 Å². The van der Waals surface area contributed by atoms with Crippen molar-refractivity contribution in [1.29, 1.82) is 0 Å². The van der Waals surface area contributed by atoms with E-state index in [1.165, 1.54) is 40.9 Å². The highest BCUT2D eigenvalue weighted by atomic mass is 32.1. The molecule has 1 aromatic carbocycles. The second kappa shape index (κ2) is 7.12. The minimum Gasteiger partial charge on any atom is -0.271 e. The molecule has 0 bridgehead atoms. The van der Waals surface area contributed by atoms with Crippen molar-refractivity contribution in [2.75, 3.05) is 5.43 Å². The number of carbonyl (C=O) groups excluding carboxylic acids is 2. The molecule has 0 spiro atoms. The SMILES string of the molecule is CC1=CC(=O)N(Nc2nc(-c3cccs3)nc3scc(-c4ccc(F)cc4)c23)C1=O. The molecule has 30 heavy (non-hydrogen) atoms. The maximum absolute atomic E-state index is 13.4. The van der Waals surface area contributed by atoms with Crippen LogP contribution in [0.15, 0.2) is 58.8 Å². The number of amides is 2. The summed E-state index contributed by atoms with van der Waals surface area (Å²) in [7, 11) is 0. The molecule has 9 heteroatoms. The zero-order chi connectivity index (χ0) is 20.8. The number of nitrogens with zero attached hydrogens (tertiary/aromatic N) is 3. The van der Waals surface area contributed by atoms with Crippen molar-refractivity contribution in [2.24, 2.45) is 0 Å². The largest absolute Gasteiger partial charge is 0.275 e. The summed E-state index contributed by atoms with van der Waals surface area (Å²) >= 11 is 2.91. The van der Waals surface area contributed by atoms with E-state index < -0.39 is 11.8 Å². The van der Waals surface area contributed by atoms with Gasteiger partial charge in [-0.25, -0.2) is 14.4 Å². The molecular weight excluding hydrogens is 423 g/mol. The lowest BCUT2D eigenvalue weighted by Gasteiger charge is -2.18. The minimum absolute atomic E-state index is 0.331. The second-order valence-corrected chi connectivity index (χ2v) is 8.43. The molecule has 5 rings (SSSR count). The molecule has 148 valence electrons. The summed E-state index contributed by atoms with van der Waals surface area (Å²) in [5.74, 6) is -0.378. The number of thiophene rings is 2. The van der Waals surface area contributed by atoms with Gasteiger partial charge in [0.25, 0.3) is 11.8 Å². The maximum atomic E-state index is 13.4. The second-order valence-electron chi connectivity index (χ2n) is 6.63. The van der Waals surface area contributed by atoms with Gasteiger partial charge >= 0.3 is 0 Å². The van der Waals surface area contributed by atoms with E-state index in [4.69, 9.17) is 0 Å². The fraction of sp³-hybridized carbons (Fsp3) is 0.0476. The molecule has 2 amide bonds. The summed E-state index contributed by atoms with van der Waals surface area (Å²) in [4.78, 5) is 35.5. The predicted octanol–water partition coefficient (Wildman–Crippen LogP) is 4.87. The number of rotatable bonds is 4. The van der Waals surface area contributed by atoms with Crippen molar-refractivity contribution in [3.05, 3.63) is 64.6 Å². The highest BCUT2D eigenvalue weighted by Crippen LogP contribution is 2.39. The minimum atomic E-state index is -0.458. The number of imide groups is 1. The smallest absolute Gasteiger partial charge is 0.271 e. The third-order valence-electron chi connectivity index (χ3n) is 4.65. The van der Waals surface area contributed by atoms with Crippen LogP contribution >= 0.6 is 22.7 Å². The van der Waals surface area contributed by atoms with Gasteiger partial charge in [0.15, 0.2) is 11.6 Å². The van der Waals surface area contributed by atoms with Crippen molar-refractivity contribution in [3.8, 4) is 21.8 Å². The van der Waals surface area contributed by atoms with Gasteiger partial charge < -0.3 is 0 Å². The predicted molar refractivity (Wildman–Crippen MR) is 115 cm³/mol. The normalized spacial score (nSPS) is 13.9. The van der Waals surface area contributed by atoms with Gasteiger partial charge in [-0.15, -0.1) is 22.7 Å². The molecule has 0 saturated carbocycles. The molecular formula is C21H13FN4O2S2. The summed E-state index contributed by atoms with van der Waals surface area (Å²) < 4.78 is 13.4. The van der Waals surface area contributed by atoms with Gasteiger partial charge in [0.2, 0.25) is 0 Å². The number of nitrogens with one attached hydrogen (secondary N) is 1. The number of carbonyl (C=O) groups is 2. The lowest BCUT2D eigenvalue weighted by molar-refractivity contribution is -0.135. The van der Waals surface area contributed by atoms with Crippen molar-refractivity contribution >= 4 is 50.5 Å². The number of hydrogen-bond donors (Lipinski definition) is 1. The van der Waals surface area contributed by atoms with Gasteiger partial charge in [-0.2, -0.15) is 5.01 Å². The highest BCUT2D eigenvalue weighted by molar-refractivity contribution is 7.17. The molecule has 0 unspecified atom stereocenters. The molecule has 1 aliphatic rings. The molecule has 4 heterocycles. The maximum Gasteiger partial charge on any atom is 0.275 e. The molecule has 1 aliphatic heterocycles. The first-order chi connectivity index (χ1) is 14.5. The highest BCUT2D eigenvalue weighted by Gasteiger charge is 2.30. The molecule has 0 fully saturated rings. The Labute approximate surface area is 178 Å². The number of aromatic nitrogens is 2. The summed E-state index contributed by atoms with van der Waals surface area (Å²) in [6, 6.07) is 9.92. The lowest BCUT2D eigenvalue weighted by Crippen LogP contribution is -2.36.